The largest absolute Gasteiger partial charge is 0.497 e. The normalized spacial score (nSPS) is 11.2. The van der Waals surface area contributed by atoms with Gasteiger partial charge in [0.2, 0.25) is 0 Å². The molecule has 1 N–H and O–H groups in total. The topological polar surface area (TPSA) is 81.5 Å². The minimum atomic E-state index is -0.397. The van der Waals surface area contributed by atoms with Gasteiger partial charge in [0, 0.05) is 24.2 Å². The average molecular weight is 368 g/mol. The summed E-state index contributed by atoms with van der Waals surface area (Å²) < 4.78 is 11.9. The molecule has 26 heavy (non-hydrogen) atoms. The van der Waals surface area contributed by atoms with E-state index in [1.54, 1.807) is 31.0 Å². The van der Waals surface area contributed by atoms with Crippen molar-refractivity contribution in [1.82, 2.24) is 19.4 Å². The van der Waals surface area contributed by atoms with E-state index in [4.69, 9.17) is 9.47 Å². The Morgan fingerprint density at radius 2 is 2.15 bits per heavy atom. The molecule has 0 aliphatic carbocycles. The van der Waals surface area contributed by atoms with Gasteiger partial charge >= 0.3 is 5.97 Å². The van der Waals surface area contributed by atoms with E-state index in [1.165, 1.54) is 7.11 Å². The molecule has 8 heteroatoms. The first-order valence-electron chi connectivity index (χ1n) is 7.89. The number of nitrogens with one attached hydrogen (secondary N) is 1. The molecule has 4 aromatic rings. The van der Waals surface area contributed by atoms with E-state index in [0.717, 1.165) is 27.6 Å². The summed E-state index contributed by atoms with van der Waals surface area (Å²) in [4.78, 5) is 24.3. The van der Waals surface area contributed by atoms with E-state index < -0.39 is 5.97 Å². The molecule has 4 rings (SSSR count). The summed E-state index contributed by atoms with van der Waals surface area (Å²) in [5.74, 6) is 1.01. The lowest BCUT2D eigenvalue weighted by molar-refractivity contribution is 0.0602. The maximum absolute atomic E-state index is 11.9. The van der Waals surface area contributed by atoms with Crippen molar-refractivity contribution >= 4 is 34.4 Å². The van der Waals surface area contributed by atoms with Gasteiger partial charge in [-0.2, -0.15) is 0 Å². The number of esters is 1. The highest BCUT2D eigenvalue weighted by Crippen LogP contribution is 2.25. The lowest BCUT2D eigenvalue weighted by atomic mass is 10.3. The fourth-order valence-corrected chi connectivity index (χ4v) is 3.47. The van der Waals surface area contributed by atoms with Crippen LogP contribution in [0.15, 0.2) is 47.9 Å². The molecule has 0 atom stereocenters. The minimum absolute atomic E-state index is 0.397. The molecule has 7 nitrogen and oxygen atoms in total. The molecule has 3 heterocycles. The van der Waals surface area contributed by atoms with Gasteiger partial charge in [-0.05, 0) is 24.3 Å². The Morgan fingerprint density at radius 1 is 1.27 bits per heavy atom. The summed E-state index contributed by atoms with van der Waals surface area (Å²) in [6, 6.07) is 9.22. The molecule has 1 aromatic carbocycles. The molecule has 0 amide bonds. The van der Waals surface area contributed by atoms with Crippen LogP contribution >= 0.6 is 11.8 Å². The highest BCUT2D eigenvalue weighted by molar-refractivity contribution is 7.98. The van der Waals surface area contributed by atoms with Gasteiger partial charge in [-0.25, -0.2) is 14.8 Å². The van der Waals surface area contributed by atoms with E-state index in [9.17, 15) is 4.79 Å². The first-order valence-corrected chi connectivity index (χ1v) is 8.88. The van der Waals surface area contributed by atoms with Gasteiger partial charge in [-0.15, -0.1) is 0 Å². The van der Waals surface area contributed by atoms with Gasteiger partial charge in [0.1, 0.15) is 11.3 Å². The fourth-order valence-electron chi connectivity index (χ4n) is 2.71. The van der Waals surface area contributed by atoms with Crippen LogP contribution < -0.4 is 4.74 Å². The number of thioether (sulfide) groups is 1. The molecule has 0 aliphatic rings. The second kappa shape index (κ2) is 6.72. The third-order valence-corrected chi connectivity index (χ3v) is 4.87. The Balaban J connectivity index is 1.57. The molecule has 0 bridgehead atoms. The number of aromatic amines is 1. The molecule has 3 aromatic heterocycles. The van der Waals surface area contributed by atoms with Gasteiger partial charge < -0.3 is 18.9 Å². The van der Waals surface area contributed by atoms with Crippen molar-refractivity contribution in [1.29, 1.82) is 0 Å². The lowest BCUT2D eigenvalue weighted by Gasteiger charge is -2.00. The first-order chi connectivity index (χ1) is 12.7. The smallest absolute Gasteiger partial charge is 0.341 e. The number of rotatable bonds is 5. The van der Waals surface area contributed by atoms with Crippen LogP contribution in [0.5, 0.6) is 5.75 Å². The second-order valence-electron chi connectivity index (χ2n) is 5.59. The number of carbonyl (C=O) groups is 1. The number of H-pyrrole nitrogens is 1. The molecule has 0 fully saturated rings. The van der Waals surface area contributed by atoms with Crippen molar-refractivity contribution < 1.29 is 14.3 Å². The molecular weight excluding hydrogens is 352 g/mol. The van der Waals surface area contributed by atoms with Crippen molar-refractivity contribution in [3.05, 3.63) is 54.0 Å². The van der Waals surface area contributed by atoms with Gasteiger partial charge in [0.15, 0.2) is 10.8 Å². The van der Waals surface area contributed by atoms with E-state index in [-0.39, 0.29) is 0 Å². The molecular formula is C18H16N4O3S. The number of fused-ring (bicyclic) bond motifs is 2. The number of aromatic nitrogens is 4. The Bertz CT molecular complexity index is 1100. The van der Waals surface area contributed by atoms with Crippen LogP contribution in [0, 0.1) is 0 Å². The van der Waals surface area contributed by atoms with E-state index in [0.29, 0.717) is 17.0 Å². The van der Waals surface area contributed by atoms with Crippen molar-refractivity contribution in [2.24, 2.45) is 0 Å². The molecule has 0 unspecified atom stereocenters. The average Bonchev–Trinajstić information content (AvgIpc) is 3.27. The SMILES string of the molecule is COC(=O)c1cccn2cc(CSc3nc4ccc(OC)cc4[nH]3)nc12. The van der Waals surface area contributed by atoms with Crippen LogP contribution in [-0.4, -0.2) is 39.5 Å². The fraction of sp³-hybridized carbons (Fsp3) is 0.167. The highest BCUT2D eigenvalue weighted by Gasteiger charge is 2.14. The number of hydrogen-bond acceptors (Lipinski definition) is 6. The Labute approximate surface area is 153 Å². The summed E-state index contributed by atoms with van der Waals surface area (Å²) >= 11 is 1.55. The van der Waals surface area contributed by atoms with Crippen molar-refractivity contribution in [3.8, 4) is 5.75 Å². The Kier molecular flexibility index (Phi) is 4.26. The van der Waals surface area contributed by atoms with Gasteiger partial charge in [-0.1, -0.05) is 11.8 Å². The highest BCUT2D eigenvalue weighted by atomic mass is 32.2. The van der Waals surface area contributed by atoms with Crippen LogP contribution in [-0.2, 0) is 10.5 Å². The predicted octanol–water partition coefficient (Wildman–Crippen LogP) is 3.30. The van der Waals surface area contributed by atoms with Crippen LogP contribution in [0.4, 0.5) is 0 Å². The molecule has 0 saturated carbocycles. The number of methoxy groups -OCH3 is 2. The van der Waals surface area contributed by atoms with E-state index >= 15 is 0 Å². The number of ether oxygens (including phenoxy) is 2. The van der Waals surface area contributed by atoms with Crippen LogP contribution in [0.1, 0.15) is 16.1 Å². The molecule has 0 radical (unpaired) electrons. The number of benzene rings is 1. The standard InChI is InChI=1S/C18H16N4O3S/c1-24-12-5-6-14-15(8-12)21-18(20-14)26-10-11-9-22-7-3-4-13(16(22)19-11)17(23)25-2/h3-9H,10H2,1-2H3,(H,20,21). The number of imidazole rings is 2. The molecule has 132 valence electrons. The summed E-state index contributed by atoms with van der Waals surface area (Å²) in [5, 5.41) is 0.804. The molecule has 0 aliphatic heterocycles. The van der Waals surface area contributed by atoms with Crippen molar-refractivity contribution in [2.75, 3.05) is 14.2 Å². The number of nitrogens with zero attached hydrogens (tertiary/aromatic N) is 3. The van der Waals surface area contributed by atoms with E-state index in [1.807, 2.05) is 35.0 Å². The third-order valence-electron chi connectivity index (χ3n) is 3.96. The summed E-state index contributed by atoms with van der Waals surface area (Å²) in [6.07, 6.45) is 3.76. The Hall–Kier alpha value is -3.00. The maximum atomic E-state index is 11.9. The zero-order valence-corrected chi connectivity index (χ0v) is 15.0. The summed E-state index contributed by atoms with van der Waals surface area (Å²) in [7, 11) is 3.00. The lowest BCUT2D eigenvalue weighted by Crippen LogP contribution is -2.03. The first kappa shape index (κ1) is 16.5. The summed E-state index contributed by atoms with van der Waals surface area (Å²) in [5.41, 5.74) is 3.70. The van der Waals surface area contributed by atoms with Gasteiger partial charge in [0.25, 0.3) is 0 Å². The third kappa shape index (κ3) is 2.99. The van der Waals surface area contributed by atoms with Crippen molar-refractivity contribution in [2.45, 2.75) is 10.9 Å². The summed E-state index contributed by atoms with van der Waals surface area (Å²) in [6.45, 7) is 0. The molecule has 0 saturated heterocycles. The molecule has 0 spiro atoms. The quantitative estimate of drug-likeness (QED) is 0.430. The predicted molar refractivity (Wildman–Crippen MR) is 98.7 cm³/mol. The van der Waals surface area contributed by atoms with Crippen molar-refractivity contribution in [3.63, 3.8) is 0 Å². The zero-order chi connectivity index (χ0) is 18.1. The van der Waals surface area contributed by atoms with Crippen LogP contribution in [0.2, 0.25) is 0 Å². The van der Waals surface area contributed by atoms with Crippen LogP contribution in [0.25, 0.3) is 16.7 Å². The van der Waals surface area contributed by atoms with Crippen LogP contribution in [0.3, 0.4) is 0 Å². The van der Waals surface area contributed by atoms with Gasteiger partial charge in [0.05, 0.1) is 30.9 Å². The van der Waals surface area contributed by atoms with E-state index in [2.05, 4.69) is 15.0 Å². The number of pyridine rings is 1. The number of carbonyl (C=O) groups excluding carboxylic acids is 1. The minimum Gasteiger partial charge on any atom is -0.497 e. The zero-order valence-electron chi connectivity index (χ0n) is 14.2. The monoisotopic (exact) mass is 368 g/mol. The van der Waals surface area contributed by atoms with Gasteiger partial charge in [-0.3, -0.25) is 0 Å². The Morgan fingerprint density at radius 3 is 2.96 bits per heavy atom. The second-order valence-corrected chi connectivity index (χ2v) is 6.55. The maximum Gasteiger partial charge on any atom is 0.341 e. The number of hydrogen-bond donors (Lipinski definition) is 1.